The molecule has 0 unspecified atom stereocenters. The van der Waals surface area contributed by atoms with E-state index in [9.17, 15) is 8.42 Å². The second kappa shape index (κ2) is 9.74. The molecule has 0 aromatic heterocycles. The highest BCUT2D eigenvalue weighted by atomic mass is 32.2. The van der Waals surface area contributed by atoms with Crippen molar-refractivity contribution in [1.29, 1.82) is 0 Å². The van der Waals surface area contributed by atoms with Crippen LogP contribution in [0.1, 0.15) is 33.4 Å². The van der Waals surface area contributed by atoms with Crippen LogP contribution in [0.4, 0.5) is 0 Å². The monoisotopic (exact) mass is 456 g/mol. The van der Waals surface area contributed by atoms with Crippen LogP contribution in [0.25, 0.3) is 11.1 Å². The van der Waals surface area contributed by atoms with Gasteiger partial charge >= 0.3 is 0 Å². The molecule has 1 N–H and O–H groups in total. The Morgan fingerprint density at radius 2 is 1.27 bits per heavy atom. The van der Waals surface area contributed by atoms with Gasteiger partial charge in [0.2, 0.25) is 0 Å². The smallest absolute Gasteiger partial charge is 0.282 e. The summed E-state index contributed by atoms with van der Waals surface area (Å²) >= 11 is 0. The van der Waals surface area contributed by atoms with Crippen molar-refractivity contribution >= 4 is 10.1 Å². The zero-order chi connectivity index (χ0) is 23.4. The number of hydrogen-bond donors (Lipinski definition) is 1. The Labute approximate surface area is 196 Å². The lowest BCUT2D eigenvalue weighted by Gasteiger charge is -2.12. The van der Waals surface area contributed by atoms with Crippen molar-refractivity contribution < 1.29 is 13.0 Å². The minimum Gasteiger partial charge on any atom is -0.282 e. The molecule has 168 valence electrons. The first-order valence-corrected chi connectivity index (χ1v) is 12.5. The molecule has 33 heavy (non-hydrogen) atoms. The summed E-state index contributed by atoms with van der Waals surface area (Å²) in [7, 11) is -4.15. The molecule has 0 aliphatic rings. The Morgan fingerprint density at radius 3 is 1.94 bits per heavy atom. The number of hydrogen-bond acceptors (Lipinski definition) is 2. The predicted octanol–water partition coefficient (Wildman–Crippen LogP) is 6.59. The van der Waals surface area contributed by atoms with Crippen LogP contribution in [0, 0.1) is 13.8 Å². The van der Waals surface area contributed by atoms with Gasteiger partial charge in [0.1, 0.15) is 0 Å². The van der Waals surface area contributed by atoms with Gasteiger partial charge < -0.3 is 0 Å². The number of benzene rings is 4. The molecule has 0 saturated carbocycles. The zero-order valence-electron chi connectivity index (χ0n) is 19.0. The van der Waals surface area contributed by atoms with Crippen LogP contribution in [0.15, 0.2) is 95.9 Å². The van der Waals surface area contributed by atoms with Gasteiger partial charge in [0, 0.05) is 0 Å². The second-order valence-corrected chi connectivity index (χ2v) is 9.99. The van der Waals surface area contributed by atoms with Gasteiger partial charge in [-0.3, -0.25) is 4.55 Å². The van der Waals surface area contributed by atoms with Gasteiger partial charge in [-0.05, 0) is 89.8 Å². The van der Waals surface area contributed by atoms with Crippen molar-refractivity contribution in [3.63, 3.8) is 0 Å². The summed E-state index contributed by atoms with van der Waals surface area (Å²) in [4.78, 5) is -0.0719. The molecule has 0 atom stereocenters. The van der Waals surface area contributed by atoms with Crippen LogP contribution < -0.4 is 0 Å². The third kappa shape index (κ3) is 5.78. The van der Waals surface area contributed by atoms with E-state index in [4.69, 9.17) is 4.55 Å². The molecule has 3 nitrogen and oxygen atoms in total. The first-order valence-electron chi connectivity index (χ1n) is 11.1. The van der Waals surface area contributed by atoms with Crippen LogP contribution in [-0.4, -0.2) is 13.0 Å². The first kappa shape index (κ1) is 23.0. The molecular formula is C29H28O3S. The van der Waals surface area contributed by atoms with E-state index < -0.39 is 10.1 Å². The summed E-state index contributed by atoms with van der Waals surface area (Å²) in [5.74, 6) is 0. The topological polar surface area (TPSA) is 54.4 Å². The van der Waals surface area contributed by atoms with E-state index in [1.54, 1.807) is 12.1 Å². The second-order valence-electron chi connectivity index (χ2n) is 8.57. The number of rotatable bonds is 7. The van der Waals surface area contributed by atoms with Gasteiger partial charge in [-0.15, -0.1) is 0 Å². The third-order valence-corrected chi connectivity index (χ3v) is 6.98. The molecule has 0 spiro atoms. The van der Waals surface area contributed by atoms with Crippen molar-refractivity contribution in [3.05, 3.63) is 124 Å². The average Bonchev–Trinajstić information content (AvgIpc) is 2.81. The molecule has 0 saturated heterocycles. The molecule has 0 aliphatic carbocycles. The highest BCUT2D eigenvalue weighted by molar-refractivity contribution is 7.85. The van der Waals surface area contributed by atoms with Gasteiger partial charge in [0.15, 0.2) is 0 Å². The summed E-state index contributed by atoms with van der Waals surface area (Å²) in [6.45, 7) is 4.28. The maximum Gasteiger partial charge on any atom is 0.294 e. The SMILES string of the molecule is Cc1ccc(Cc2ccc(C)c(-c3ccccc3)c2)cc1CCc1ccc(S(=O)(=O)O)cc1. The number of aryl methyl sites for hydroxylation is 4. The van der Waals surface area contributed by atoms with E-state index in [0.29, 0.717) is 0 Å². The minimum absolute atomic E-state index is 0.0719. The Bertz CT molecular complexity index is 1360. The normalized spacial score (nSPS) is 11.5. The Hall–Kier alpha value is -3.21. The van der Waals surface area contributed by atoms with Crippen LogP contribution in [0.3, 0.4) is 0 Å². The lowest BCUT2D eigenvalue weighted by molar-refractivity contribution is 0.483. The Balaban J connectivity index is 1.50. The van der Waals surface area contributed by atoms with Gasteiger partial charge in [0.05, 0.1) is 4.90 Å². The summed E-state index contributed by atoms with van der Waals surface area (Å²) in [5, 5.41) is 0. The molecule has 0 aliphatic heterocycles. The quantitative estimate of drug-likeness (QED) is 0.319. The third-order valence-electron chi connectivity index (χ3n) is 6.11. The van der Waals surface area contributed by atoms with E-state index in [0.717, 1.165) is 24.8 Å². The molecule has 0 heterocycles. The molecule has 4 aromatic rings. The van der Waals surface area contributed by atoms with E-state index in [2.05, 4.69) is 74.5 Å². The van der Waals surface area contributed by atoms with Crippen LogP contribution in [0.5, 0.6) is 0 Å². The van der Waals surface area contributed by atoms with Crippen LogP contribution in [-0.2, 0) is 29.4 Å². The fourth-order valence-electron chi connectivity index (χ4n) is 4.15. The molecule has 4 aromatic carbocycles. The summed E-state index contributed by atoms with van der Waals surface area (Å²) in [5.41, 5.74) is 9.93. The molecule has 0 radical (unpaired) electrons. The summed E-state index contributed by atoms with van der Waals surface area (Å²) in [6, 6.07) is 30.3. The molecular weight excluding hydrogens is 428 g/mol. The summed E-state index contributed by atoms with van der Waals surface area (Å²) in [6.07, 6.45) is 2.54. The molecule has 0 bridgehead atoms. The molecule has 0 amide bonds. The van der Waals surface area contributed by atoms with Crippen molar-refractivity contribution in [3.8, 4) is 11.1 Å². The molecule has 4 heteroatoms. The van der Waals surface area contributed by atoms with Gasteiger partial charge in [-0.1, -0.05) is 78.9 Å². The fourth-order valence-corrected chi connectivity index (χ4v) is 4.63. The zero-order valence-corrected chi connectivity index (χ0v) is 19.8. The van der Waals surface area contributed by atoms with Gasteiger partial charge in [-0.2, -0.15) is 8.42 Å². The highest BCUT2D eigenvalue weighted by Gasteiger charge is 2.09. The van der Waals surface area contributed by atoms with Gasteiger partial charge in [-0.25, -0.2) is 0 Å². The largest absolute Gasteiger partial charge is 0.294 e. The average molecular weight is 457 g/mol. The summed E-state index contributed by atoms with van der Waals surface area (Å²) < 4.78 is 31.6. The molecule has 4 rings (SSSR count). The standard InChI is InChI=1S/C29H28O3S/c1-21-8-10-24(18-25-11-9-22(2)29(20-25)26-6-4-3-5-7-26)19-27(21)15-12-23-13-16-28(17-14-23)33(30,31)32/h3-11,13-14,16-17,19-20H,12,15,18H2,1-2H3,(H,30,31,32). The lowest BCUT2D eigenvalue weighted by Crippen LogP contribution is -2.00. The Morgan fingerprint density at radius 1 is 0.667 bits per heavy atom. The van der Waals surface area contributed by atoms with E-state index in [1.165, 1.54) is 51.1 Å². The van der Waals surface area contributed by atoms with Crippen LogP contribution >= 0.6 is 0 Å². The van der Waals surface area contributed by atoms with Gasteiger partial charge in [0.25, 0.3) is 10.1 Å². The predicted molar refractivity (Wildman–Crippen MR) is 134 cm³/mol. The fraction of sp³-hybridized carbons (Fsp3) is 0.172. The first-order chi connectivity index (χ1) is 15.8. The van der Waals surface area contributed by atoms with Crippen molar-refractivity contribution in [2.45, 2.75) is 38.0 Å². The van der Waals surface area contributed by atoms with E-state index >= 15 is 0 Å². The van der Waals surface area contributed by atoms with Crippen molar-refractivity contribution in [1.82, 2.24) is 0 Å². The van der Waals surface area contributed by atoms with Crippen LogP contribution in [0.2, 0.25) is 0 Å². The maximum atomic E-state index is 11.2. The minimum atomic E-state index is -4.15. The lowest BCUT2D eigenvalue weighted by atomic mass is 9.93. The van der Waals surface area contributed by atoms with Crippen molar-refractivity contribution in [2.75, 3.05) is 0 Å². The maximum absolute atomic E-state index is 11.2. The van der Waals surface area contributed by atoms with E-state index in [1.807, 2.05) is 6.07 Å². The van der Waals surface area contributed by atoms with Crippen molar-refractivity contribution in [2.24, 2.45) is 0 Å². The molecule has 0 fully saturated rings. The highest BCUT2D eigenvalue weighted by Crippen LogP contribution is 2.26. The van der Waals surface area contributed by atoms with E-state index in [-0.39, 0.29) is 4.90 Å². The Kier molecular flexibility index (Phi) is 6.77.